The van der Waals surface area contributed by atoms with Crippen LogP contribution in [0.4, 0.5) is 0 Å². The second-order valence-corrected chi connectivity index (χ2v) is 8.27. The number of fused-ring (bicyclic) bond motifs is 1. The summed E-state index contributed by atoms with van der Waals surface area (Å²) in [5.74, 6) is 0.800. The summed E-state index contributed by atoms with van der Waals surface area (Å²) in [6.45, 7) is 5.96. The van der Waals surface area contributed by atoms with Gasteiger partial charge in [0.05, 0.1) is 30.0 Å². The number of hydrogen-bond acceptors (Lipinski definition) is 5. The first kappa shape index (κ1) is 16.0. The molecule has 4 nitrogen and oxygen atoms in total. The highest BCUT2D eigenvalue weighted by Gasteiger charge is 2.43. The Hall–Kier alpha value is -0.490. The topological polar surface area (TPSA) is 34.6 Å². The Morgan fingerprint density at radius 2 is 2.17 bits per heavy atom. The minimum absolute atomic E-state index is 0.276. The van der Waals surface area contributed by atoms with E-state index in [4.69, 9.17) is 9.47 Å². The van der Waals surface area contributed by atoms with Gasteiger partial charge in [-0.3, -0.25) is 4.90 Å². The van der Waals surface area contributed by atoms with Gasteiger partial charge < -0.3 is 9.47 Å². The molecule has 1 saturated heterocycles. The van der Waals surface area contributed by atoms with Crippen molar-refractivity contribution in [3.8, 4) is 0 Å². The zero-order valence-electron chi connectivity index (χ0n) is 14.1. The maximum absolute atomic E-state index is 6.30. The fourth-order valence-electron chi connectivity index (χ4n) is 4.47. The minimum Gasteiger partial charge on any atom is -0.375 e. The summed E-state index contributed by atoms with van der Waals surface area (Å²) in [5, 5.41) is 0. The lowest BCUT2D eigenvalue weighted by atomic mass is 10.1. The number of nitrogens with zero attached hydrogens (tertiary/aromatic N) is 2. The van der Waals surface area contributed by atoms with E-state index in [1.807, 2.05) is 5.51 Å². The quantitative estimate of drug-likeness (QED) is 0.825. The van der Waals surface area contributed by atoms with E-state index in [0.717, 1.165) is 38.6 Å². The lowest BCUT2D eigenvalue weighted by molar-refractivity contribution is -0.119. The van der Waals surface area contributed by atoms with E-state index in [-0.39, 0.29) is 6.10 Å². The summed E-state index contributed by atoms with van der Waals surface area (Å²) < 4.78 is 12.4. The predicted octanol–water partition coefficient (Wildman–Crippen LogP) is 3.39. The summed E-state index contributed by atoms with van der Waals surface area (Å²) in [4.78, 5) is 8.40. The summed E-state index contributed by atoms with van der Waals surface area (Å²) in [7, 11) is 0. The molecule has 4 rings (SSSR count). The molecule has 0 N–H and O–H groups in total. The first-order valence-electron chi connectivity index (χ1n) is 9.17. The summed E-state index contributed by atoms with van der Waals surface area (Å²) in [6.07, 6.45) is 8.45. The van der Waals surface area contributed by atoms with E-state index in [9.17, 15) is 0 Å². The molecule has 23 heavy (non-hydrogen) atoms. The molecule has 128 valence electrons. The van der Waals surface area contributed by atoms with Crippen LogP contribution in [0.15, 0.2) is 5.51 Å². The molecule has 3 fully saturated rings. The van der Waals surface area contributed by atoms with Gasteiger partial charge >= 0.3 is 0 Å². The van der Waals surface area contributed by atoms with Crippen molar-refractivity contribution in [2.75, 3.05) is 19.8 Å². The number of hydrogen-bond donors (Lipinski definition) is 0. The maximum Gasteiger partial charge on any atom is 0.0992 e. The van der Waals surface area contributed by atoms with Crippen LogP contribution in [0, 0.1) is 12.8 Å². The molecule has 0 unspecified atom stereocenters. The predicted molar refractivity (Wildman–Crippen MR) is 91.7 cm³/mol. The average molecular weight is 337 g/mol. The van der Waals surface area contributed by atoms with Gasteiger partial charge in [0, 0.05) is 30.6 Å². The average Bonchev–Trinajstić information content (AvgIpc) is 3.28. The summed E-state index contributed by atoms with van der Waals surface area (Å²) >= 11 is 1.78. The molecule has 0 amide bonds. The Kier molecular flexibility index (Phi) is 4.99. The fourth-order valence-corrected chi connectivity index (χ4v) is 5.27. The smallest absolute Gasteiger partial charge is 0.0992 e. The number of thiazole rings is 1. The molecular weight excluding hydrogens is 308 g/mol. The van der Waals surface area contributed by atoms with Crippen LogP contribution in [0.2, 0.25) is 0 Å². The van der Waals surface area contributed by atoms with Crippen molar-refractivity contribution in [3.63, 3.8) is 0 Å². The Bertz CT molecular complexity index is 515. The van der Waals surface area contributed by atoms with Gasteiger partial charge in [-0.2, -0.15) is 0 Å². The number of aryl methyl sites for hydroxylation is 1. The van der Waals surface area contributed by atoms with Crippen LogP contribution in [0.5, 0.6) is 0 Å². The van der Waals surface area contributed by atoms with Crippen molar-refractivity contribution >= 4 is 11.3 Å². The molecule has 5 heteroatoms. The van der Waals surface area contributed by atoms with Gasteiger partial charge in [-0.25, -0.2) is 4.98 Å². The van der Waals surface area contributed by atoms with Gasteiger partial charge in [-0.1, -0.05) is 12.8 Å². The molecule has 3 aliphatic rings. The van der Waals surface area contributed by atoms with Gasteiger partial charge in [-0.15, -0.1) is 11.3 Å². The highest BCUT2D eigenvalue weighted by atomic mass is 32.1. The van der Waals surface area contributed by atoms with Crippen LogP contribution in [-0.4, -0.2) is 47.9 Å². The molecule has 2 heterocycles. The fraction of sp³-hybridized carbons (Fsp3) is 0.833. The molecule has 2 aliphatic carbocycles. The van der Waals surface area contributed by atoms with Crippen LogP contribution in [0.1, 0.15) is 49.1 Å². The Labute approximate surface area is 143 Å². The van der Waals surface area contributed by atoms with Gasteiger partial charge in [-0.05, 0) is 38.5 Å². The van der Waals surface area contributed by atoms with Gasteiger partial charge in [0.15, 0.2) is 0 Å². The number of rotatable bonds is 5. The Morgan fingerprint density at radius 3 is 2.96 bits per heavy atom. The zero-order valence-corrected chi connectivity index (χ0v) is 14.9. The maximum atomic E-state index is 6.30. The van der Waals surface area contributed by atoms with Gasteiger partial charge in [0.25, 0.3) is 0 Å². The first-order chi connectivity index (χ1) is 11.3. The van der Waals surface area contributed by atoms with Gasteiger partial charge in [0.2, 0.25) is 0 Å². The molecule has 2 saturated carbocycles. The molecular formula is C18H28N2O2S. The molecule has 1 aromatic rings. The van der Waals surface area contributed by atoms with E-state index in [0.29, 0.717) is 12.1 Å². The summed E-state index contributed by atoms with van der Waals surface area (Å²) in [5.41, 5.74) is 3.15. The number of ether oxygens (including phenoxy) is 2. The summed E-state index contributed by atoms with van der Waals surface area (Å²) in [6, 6.07) is 0.527. The zero-order chi connectivity index (χ0) is 15.6. The van der Waals surface area contributed by atoms with Crippen molar-refractivity contribution in [3.05, 3.63) is 16.1 Å². The van der Waals surface area contributed by atoms with E-state index in [1.165, 1.54) is 42.7 Å². The van der Waals surface area contributed by atoms with Crippen molar-refractivity contribution in [2.45, 2.75) is 70.2 Å². The third kappa shape index (κ3) is 3.48. The van der Waals surface area contributed by atoms with E-state index < -0.39 is 0 Å². The second-order valence-electron chi connectivity index (χ2n) is 7.33. The Morgan fingerprint density at radius 1 is 1.30 bits per heavy atom. The molecule has 1 aliphatic heterocycles. The van der Waals surface area contributed by atoms with Crippen LogP contribution in [0.3, 0.4) is 0 Å². The number of aromatic nitrogens is 1. The molecule has 0 aromatic carbocycles. The van der Waals surface area contributed by atoms with Gasteiger partial charge in [0.1, 0.15) is 0 Å². The number of morpholine rings is 1. The normalized spacial score (nSPS) is 32.5. The standard InChI is InChI=1S/C18H28N2O2S/c1-13-17(23-12-19-13)10-20-8-9-21-18-15(20)6-7-16(18)22-11-14-4-2-3-5-14/h12,14-16,18H,2-11H2,1H3/t15-,16+,18+/m0/s1. The van der Waals surface area contributed by atoms with Crippen LogP contribution < -0.4 is 0 Å². The highest BCUT2D eigenvalue weighted by molar-refractivity contribution is 7.09. The van der Waals surface area contributed by atoms with Crippen molar-refractivity contribution in [1.82, 2.24) is 9.88 Å². The molecule has 0 bridgehead atoms. The molecule has 0 spiro atoms. The first-order valence-corrected chi connectivity index (χ1v) is 10.1. The van der Waals surface area contributed by atoms with Crippen molar-refractivity contribution in [1.29, 1.82) is 0 Å². The van der Waals surface area contributed by atoms with E-state index in [2.05, 4.69) is 16.8 Å². The third-order valence-corrected chi connectivity index (χ3v) is 6.78. The third-order valence-electron chi connectivity index (χ3n) is 5.86. The SMILES string of the molecule is Cc1ncsc1CN1CCO[C@H]2[C@H](OCC3CCCC3)CC[C@@H]21. The minimum atomic E-state index is 0.276. The Balaban J connectivity index is 1.35. The van der Waals surface area contributed by atoms with Crippen LogP contribution in [0.25, 0.3) is 0 Å². The van der Waals surface area contributed by atoms with Crippen molar-refractivity contribution < 1.29 is 9.47 Å². The lowest BCUT2D eigenvalue weighted by Gasteiger charge is -2.39. The molecule has 1 aromatic heterocycles. The second kappa shape index (κ2) is 7.18. The largest absolute Gasteiger partial charge is 0.375 e. The monoisotopic (exact) mass is 336 g/mol. The van der Waals surface area contributed by atoms with E-state index in [1.54, 1.807) is 11.3 Å². The van der Waals surface area contributed by atoms with E-state index >= 15 is 0 Å². The molecule has 0 radical (unpaired) electrons. The lowest BCUT2D eigenvalue weighted by Crippen LogP contribution is -2.51. The van der Waals surface area contributed by atoms with Crippen molar-refractivity contribution in [2.24, 2.45) is 5.92 Å². The molecule has 3 atom stereocenters. The van der Waals surface area contributed by atoms with Crippen LogP contribution in [-0.2, 0) is 16.0 Å². The van der Waals surface area contributed by atoms with Crippen LogP contribution >= 0.6 is 11.3 Å². The highest BCUT2D eigenvalue weighted by Crippen LogP contribution is 2.35.